The molecule has 2 aliphatic rings. The van der Waals surface area contributed by atoms with E-state index in [1.807, 2.05) is 0 Å². The van der Waals surface area contributed by atoms with Gasteiger partial charge in [0.05, 0.1) is 0 Å². The number of fused-ring (bicyclic) bond motifs is 1. The predicted molar refractivity (Wildman–Crippen MR) is 64.5 cm³/mol. The molecule has 0 atom stereocenters. The van der Waals surface area contributed by atoms with Crippen LogP contribution < -0.4 is 14.8 Å². The van der Waals surface area contributed by atoms with Crippen LogP contribution in [0.25, 0.3) is 0 Å². The minimum absolute atomic E-state index is 0.372. The summed E-state index contributed by atoms with van der Waals surface area (Å²) in [4.78, 5) is 23.0. The van der Waals surface area contributed by atoms with E-state index in [9.17, 15) is 9.59 Å². The molecule has 0 bridgehead atoms. The topological polar surface area (TPSA) is 84.9 Å². The molecule has 0 saturated heterocycles. The first kappa shape index (κ1) is 11.8. The molecular formula is C13H13NO5. The van der Waals surface area contributed by atoms with Crippen LogP contribution in [0, 0.1) is 0 Å². The molecule has 0 spiro atoms. The highest BCUT2D eigenvalue weighted by molar-refractivity contribution is 5.99. The molecule has 1 aromatic carbocycles. The largest absolute Gasteiger partial charge is 0.486 e. The van der Waals surface area contributed by atoms with Gasteiger partial charge >= 0.3 is 5.97 Å². The second-order valence-corrected chi connectivity index (χ2v) is 4.70. The van der Waals surface area contributed by atoms with Crippen molar-refractivity contribution in [1.82, 2.24) is 5.32 Å². The van der Waals surface area contributed by atoms with Crippen molar-refractivity contribution in [2.45, 2.75) is 18.4 Å². The van der Waals surface area contributed by atoms with E-state index in [0.29, 0.717) is 43.1 Å². The van der Waals surface area contributed by atoms with Crippen LogP contribution in [-0.4, -0.2) is 35.7 Å². The molecular weight excluding hydrogens is 250 g/mol. The van der Waals surface area contributed by atoms with Crippen molar-refractivity contribution >= 4 is 11.9 Å². The van der Waals surface area contributed by atoms with Crippen LogP contribution in [-0.2, 0) is 4.79 Å². The molecule has 6 nitrogen and oxygen atoms in total. The van der Waals surface area contributed by atoms with E-state index in [1.165, 1.54) is 0 Å². The lowest BCUT2D eigenvalue weighted by Gasteiger charge is -2.19. The van der Waals surface area contributed by atoms with E-state index >= 15 is 0 Å². The Morgan fingerprint density at radius 3 is 2.47 bits per heavy atom. The van der Waals surface area contributed by atoms with Crippen molar-refractivity contribution in [2.75, 3.05) is 13.2 Å². The summed E-state index contributed by atoms with van der Waals surface area (Å²) in [7, 11) is 0. The normalized spacial score (nSPS) is 18.5. The molecule has 1 aliphatic heterocycles. The molecule has 1 amide bonds. The molecule has 0 aromatic heterocycles. The highest BCUT2D eigenvalue weighted by Crippen LogP contribution is 2.36. The molecule has 2 N–H and O–H groups in total. The Morgan fingerprint density at radius 1 is 1.16 bits per heavy atom. The molecule has 19 heavy (non-hydrogen) atoms. The van der Waals surface area contributed by atoms with Gasteiger partial charge in [-0.15, -0.1) is 0 Å². The maximum Gasteiger partial charge on any atom is 0.329 e. The zero-order chi connectivity index (χ0) is 13.5. The first-order valence-electron chi connectivity index (χ1n) is 6.06. The third kappa shape index (κ3) is 2.09. The number of carbonyl (C=O) groups excluding carboxylic acids is 1. The van der Waals surface area contributed by atoms with Gasteiger partial charge in [-0.25, -0.2) is 4.79 Å². The molecule has 1 aromatic rings. The number of carboxylic acid groups (broad SMARTS) is 1. The van der Waals surface area contributed by atoms with Crippen LogP contribution >= 0.6 is 0 Å². The smallest absolute Gasteiger partial charge is 0.329 e. The van der Waals surface area contributed by atoms with Crippen molar-refractivity contribution in [2.24, 2.45) is 0 Å². The molecule has 100 valence electrons. The van der Waals surface area contributed by atoms with Crippen LogP contribution in [0.15, 0.2) is 18.2 Å². The maximum absolute atomic E-state index is 12.0. The van der Waals surface area contributed by atoms with Crippen molar-refractivity contribution in [1.29, 1.82) is 0 Å². The summed E-state index contributed by atoms with van der Waals surface area (Å²) in [5.74, 6) is -0.281. The number of hydrogen-bond acceptors (Lipinski definition) is 4. The van der Waals surface area contributed by atoms with Crippen molar-refractivity contribution < 1.29 is 24.2 Å². The van der Waals surface area contributed by atoms with Crippen molar-refractivity contribution in [3.8, 4) is 11.5 Å². The van der Waals surface area contributed by atoms with E-state index in [-0.39, 0.29) is 0 Å². The number of nitrogens with one attached hydrogen (secondary N) is 1. The quantitative estimate of drug-likeness (QED) is 0.842. The van der Waals surface area contributed by atoms with Crippen LogP contribution in [0.5, 0.6) is 11.5 Å². The molecule has 3 rings (SSSR count). The van der Waals surface area contributed by atoms with Crippen molar-refractivity contribution in [3.63, 3.8) is 0 Å². The van der Waals surface area contributed by atoms with Crippen LogP contribution in [0.3, 0.4) is 0 Å². The van der Waals surface area contributed by atoms with Gasteiger partial charge < -0.3 is 19.9 Å². The summed E-state index contributed by atoms with van der Waals surface area (Å²) in [6.07, 6.45) is 0.942. The molecule has 6 heteroatoms. The first-order valence-corrected chi connectivity index (χ1v) is 6.06. The summed E-state index contributed by atoms with van der Waals surface area (Å²) in [6.45, 7) is 0.928. The zero-order valence-electron chi connectivity index (χ0n) is 10.1. The molecule has 1 saturated carbocycles. The van der Waals surface area contributed by atoms with E-state index in [1.54, 1.807) is 18.2 Å². The molecule has 0 unspecified atom stereocenters. The lowest BCUT2D eigenvalue weighted by atomic mass is 10.1. The van der Waals surface area contributed by atoms with Gasteiger partial charge in [0.25, 0.3) is 5.91 Å². The summed E-state index contributed by atoms with van der Waals surface area (Å²) < 4.78 is 10.7. The van der Waals surface area contributed by atoms with Gasteiger partial charge in [-0.2, -0.15) is 0 Å². The van der Waals surface area contributed by atoms with Gasteiger partial charge in [0.1, 0.15) is 18.8 Å². The second kappa shape index (κ2) is 4.15. The highest BCUT2D eigenvalue weighted by atomic mass is 16.6. The van der Waals surface area contributed by atoms with Crippen LogP contribution in [0.4, 0.5) is 0 Å². The minimum Gasteiger partial charge on any atom is -0.486 e. The number of carboxylic acids is 1. The number of rotatable bonds is 3. The number of benzene rings is 1. The molecule has 1 heterocycles. The fraction of sp³-hybridized carbons (Fsp3) is 0.385. The van der Waals surface area contributed by atoms with Crippen LogP contribution in [0.2, 0.25) is 0 Å². The maximum atomic E-state index is 12.0. The Hall–Kier alpha value is -2.24. The number of ether oxygens (including phenoxy) is 2. The second-order valence-electron chi connectivity index (χ2n) is 4.70. The van der Waals surface area contributed by atoms with E-state index in [2.05, 4.69) is 5.32 Å². The Morgan fingerprint density at radius 2 is 1.84 bits per heavy atom. The standard InChI is InChI=1S/C13H13NO5/c15-11(14-13(3-4-13)12(16)17)8-1-2-9-10(7-8)19-6-5-18-9/h1-2,7H,3-6H2,(H,14,15)(H,16,17). The van der Waals surface area contributed by atoms with Gasteiger partial charge in [-0.1, -0.05) is 0 Å². The summed E-state index contributed by atoms with van der Waals surface area (Å²) in [6, 6.07) is 4.83. The minimum atomic E-state index is -1.08. The van der Waals surface area contributed by atoms with Gasteiger partial charge in [0.15, 0.2) is 11.5 Å². The lowest BCUT2D eigenvalue weighted by Crippen LogP contribution is -2.43. The van der Waals surface area contributed by atoms with E-state index in [0.717, 1.165) is 0 Å². The third-order valence-electron chi connectivity index (χ3n) is 3.32. The number of amides is 1. The summed E-state index contributed by atoms with van der Waals surface area (Å²) in [5, 5.41) is 11.6. The molecule has 0 radical (unpaired) electrons. The number of hydrogen-bond donors (Lipinski definition) is 2. The van der Waals surface area contributed by atoms with Gasteiger partial charge in [-0.3, -0.25) is 4.79 Å². The van der Waals surface area contributed by atoms with Crippen molar-refractivity contribution in [3.05, 3.63) is 23.8 Å². The summed E-state index contributed by atoms with van der Waals surface area (Å²) >= 11 is 0. The Labute approximate surface area is 109 Å². The van der Waals surface area contributed by atoms with Crippen LogP contribution in [0.1, 0.15) is 23.2 Å². The zero-order valence-corrected chi connectivity index (χ0v) is 10.1. The average Bonchev–Trinajstić information content (AvgIpc) is 3.19. The highest BCUT2D eigenvalue weighted by Gasteiger charge is 2.51. The molecule has 1 aliphatic carbocycles. The number of aliphatic carboxylic acids is 1. The first-order chi connectivity index (χ1) is 9.11. The Balaban J connectivity index is 1.79. The monoisotopic (exact) mass is 263 g/mol. The predicted octanol–water partition coefficient (Wildman–Crippen LogP) is 0.805. The fourth-order valence-corrected chi connectivity index (χ4v) is 1.99. The Bertz CT molecular complexity index is 550. The molecule has 1 fully saturated rings. The van der Waals surface area contributed by atoms with Gasteiger partial charge in [-0.05, 0) is 31.0 Å². The average molecular weight is 263 g/mol. The van der Waals surface area contributed by atoms with Gasteiger partial charge in [0.2, 0.25) is 0 Å². The number of carbonyl (C=O) groups is 2. The Kier molecular flexibility index (Phi) is 2.58. The van der Waals surface area contributed by atoms with E-state index < -0.39 is 17.4 Å². The third-order valence-corrected chi connectivity index (χ3v) is 3.32. The summed E-state index contributed by atoms with van der Waals surface area (Å²) in [5.41, 5.74) is -0.707. The van der Waals surface area contributed by atoms with Gasteiger partial charge in [0, 0.05) is 5.56 Å². The fourth-order valence-electron chi connectivity index (χ4n) is 1.99. The SMILES string of the molecule is O=C(NC1(C(=O)O)CC1)c1ccc2c(c1)OCCO2. The lowest BCUT2D eigenvalue weighted by molar-refractivity contribution is -0.140. The van der Waals surface area contributed by atoms with E-state index in [4.69, 9.17) is 14.6 Å².